The monoisotopic (exact) mass is 391 g/mol. The van der Waals surface area contributed by atoms with Gasteiger partial charge in [0.25, 0.3) is 5.56 Å². The number of nitrogens with zero attached hydrogens (tertiary/aromatic N) is 4. The molecule has 8 nitrogen and oxygen atoms in total. The van der Waals surface area contributed by atoms with Crippen LogP contribution in [0.15, 0.2) is 52.5 Å². The fourth-order valence-corrected chi connectivity index (χ4v) is 3.52. The Morgan fingerprint density at radius 1 is 1.21 bits per heavy atom. The number of carboxylic acids is 1. The number of nitrogens with one attached hydrogen (secondary N) is 1. The van der Waals surface area contributed by atoms with Gasteiger partial charge in [0.05, 0.1) is 17.5 Å². The minimum Gasteiger partial charge on any atom is -0.478 e. The molecule has 4 rings (SSSR count). The van der Waals surface area contributed by atoms with E-state index in [0.29, 0.717) is 22.7 Å². The van der Waals surface area contributed by atoms with Crippen molar-refractivity contribution in [3.63, 3.8) is 0 Å². The predicted octanol–water partition coefficient (Wildman–Crippen LogP) is 2.75. The molecule has 0 bridgehead atoms. The Morgan fingerprint density at radius 3 is 2.72 bits per heavy atom. The number of fused-ring (bicyclic) bond motifs is 1. The Morgan fingerprint density at radius 2 is 1.97 bits per heavy atom. The average Bonchev–Trinajstić information content (AvgIpc) is 3.25. The number of aromatic nitrogens is 2. The van der Waals surface area contributed by atoms with Crippen molar-refractivity contribution in [2.45, 2.75) is 19.8 Å². The molecule has 3 aromatic rings. The third kappa shape index (κ3) is 3.56. The minimum absolute atomic E-state index is 0.105. The predicted molar refractivity (Wildman–Crippen MR) is 112 cm³/mol. The van der Waals surface area contributed by atoms with Gasteiger partial charge in [-0.05, 0) is 43.5 Å². The van der Waals surface area contributed by atoms with Gasteiger partial charge in [-0.3, -0.25) is 14.6 Å². The number of anilines is 2. The van der Waals surface area contributed by atoms with Crippen LogP contribution in [-0.4, -0.2) is 39.8 Å². The molecule has 0 amide bonds. The molecule has 1 aliphatic heterocycles. The first-order valence-corrected chi connectivity index (χ1v) is 9.44. The molecule has 1 saturated heterocycles. The maximum atomic E-state index is 13.2. The molecule has 0 radical (unpaired) electrons. The van der Waals surface area contributed by atoms with E-state index in [4.69, 9.17) is 4.98 Å². The van der Waals surface area contributed by atoms with Crippen molar-refractivity contribution in [1.82, 2.24) is 9.38 Å². The molecule has 29 heavy (non-hydrogen) atoms. The number of hydrogen-bond acceptors (Lipinski definition) is 6. The van der Waals surface area contributed by atoms with Gasteiger partial charge in [-0.1, -0.05) is 18.2 Å². The summed E-state index contributed by atoms with van der Waals surface area (Å²) in [5.74, 6) is -0.442. The van der Waals surface area contributed by atoms with Crippen molar-refractivity contribution in [3.8, 4) is 0 Å². The van der Waals surface area contributed by atoms with E-state index in [2.05, 4.69) is 15.4 Å². The van der Waals surface area contributed by atoms with Crippen LogP contribution in [0.4, 0.5) is 11.5 Å². The quantitative estimate of drug-likeness (QED) is 0.513. The van der Waals surface area contributed by atoms with E-state index in [9.17, 15) is 14.7 Å². The van der Waals surface area contributed by atoms with Crippen molar-refractivity contribution in [2.75, 3.05) is 23.4 Å². The number of carbonyl (C=O) groups is 1. The number of hydrazone groups is 1. The second-order valence-electron chi connectivity index (χ2n) is 6.95. The lowest BCUT2D eigenvalue weighted by Gasteiger charge is -2.19. The molecular formula is C21H21N5O3. The average molecular weight is 391 g/mol. The number of aromatic carboxylic acids is 1. The summed E-state index contributed by atoms with van der Waals surface area (Å²) < 4.78 is 1.52. The first-order chi connectivity index (χ1) is 14.1. The lowest BCUT2D eigenvalue weighted by Crippen LogP contribution is -2.28. The zero-order chi connectivity index (χ0) is 20.4. The van der Waals surface area contributed by atoms with Gasteiger partial charge in [-0.25, -0.2) is 9.78 Å². The van der Waals surface area contributed by atoms with Gasteiger partial charge in [-0.15, -0.1) is 0 Å². The molecule has 1 fully saturated rings. The molecule has 0 aliphatic carbocycles. The summed E-state index contributed by atoms with van der Waals surface area (Å²) in [6, 6.07) is 10.2. The van der Waals surface area contributed by atoms with E-state index in [0.717, 1.165) is 31.5 Å². The lowest BCUT2D eigenvalue weighted by atomic mass is 10.2. The molecule has 148 valence electrons. The van der Waals surface area contributed by atoms with Crippen molar-refractivity contribution in [2.24, 2.45) is 5.10 Å². The highest BCUT2D eigenvalue weighted by atomic mass is 16.4. The van der Waals surface area contributed by atoms with E-state index in [-0.39, 0.29) is 11.1 Å². The first-order valence-electron chi connectivity index (χ1n) is 9.44. The molecule has 2 N–H and O–H groups in total. The fourth-order valence-electron chi connectivity index (χ4n) is 3.52. The van der Waals surface area contributed by atoms with Gasteiger partial charge in [0.2, 0.25) is 0 Å². The van der Waals surface area contributed by atoms with E-state index in [1.54, 1.807) is 24.4 Å². The molecule has 2 aromatic heterocycles. The Kier molecular flexibility index (Phi) is 4.99. The Bertz CT molecular complexity index is 1160. The number of carboxylic acid groups (broad SMARTS) is 1. The van der Waals surface area contributed by atoms with Crippen LogP contribution in [-0.2, 0) is 0 Å². The third-order valence-corrected chi connectivity index (χ3v) is 5.01. The molecule has 0 atom stereocenters. The Labute approximate surface area is 167 Å². The lowest BCUT2D eigenvalue weighted by molar-refractivity contribution is 0.0698. The van der Waals surface area contributed by atoms with E-state index in [1.165, 1.54) is 16.7 Å². The van der Waals surface area contributed by atoms with E-state index in [1.807, 2.05) is 19.1 Å². The number of hydrogen-bond donors (Lipinski definition) is 2. The maximum Gasteiger partial charge on any atom is 0.337 e. The molecule has 0 spiro atoms. The van der Waals surface area contributed by atoms with Crippen molar-refractivity contribution < 1.29 is 9.90 Å². The van der Waals surface area contributed by atoms with Gasteiger partial charge in [0.1, 0.15) is 17.0 Å². The highest BCUT2D eigenvalue weighted by Gasteiger charge is 2.21. The molecular weight excluding hydrogens is 370 g/mol. The summed E-state index contributed by atoms with van der Waals surface area (Å²) in [6.07, 6.45) is 5.22. The molecule has 1 aliphatic rings. The summed E-state index contributed by atoms with van der Waals surface area (Å²) in [4.78, 5) is 31.4. The van der Waals surface area contributed by atoms with Gasteiger partial charge in [0, 0.05) is 19.3 Å². The van der Waals surface area contributed by atoms with Gasteiger partial charge >= 0.3 is 5.97 Å². The zero-order valence-electron chi connectivity index (χ0n) is 16.0. The smallest absolute Gasteiger partial charge is 0.337 e. The van der Waals surface area contributed by atoms with Crippen LogP contribution in [0.25, 0.3) is 5.65 Å². The van der Waals surface area contributed by atoms with Crippen LogP contribution in [0.2, 0.25) is 0 Å². The molecule has 3 heterocycles. The largest absolute Gasteiger partial charge is 0.478 e. The molecule has 1 aromatic carbocycles. The van der Waals surface area contributed by atoms with Gasteiger partial charge in [-0.2, -0.15) is 5.10 Å². The molecule has 0 saturated carbocycles. The summed E-state index contributed by atoms with van der Waals surface area (Å²) in [7, 11) is 0. The standard InChI is InChI=1S/C21H21N5O3/c1-14-7-6-12-26-18(14)23-19(25-10-4-5-11-25)16(20(26)27)13-22-24-17-9-3-2-8-15(17)21(28)29/h2-3,6-9,12-13,24H,4-5,10-11H2,1H3,(H,28,29). The van der Waals surface area contributed by atoms with Crippen LogP contribution in [0.5, 0.6) is 0 Å². The Balaban J connectivity index is 1.77. The van der Waals surface area contributed by atoms with Crippen LogP contribution in [0, 0.1) is 6.92 Å². The third-order valence-electron chi connectivity index (χ3n) is 5.01. The zero-order valence-corrected chi connectivity index (χ0v) is 16.0. The number of rotatable bonds is 5. The number of benzene rings is 1. The number of para-hydroxylation sites is 1. The van der Waals surface area contributed by atoms with Crippen molar-refractivity contribution in [1.29, 1.82) is 0 Å². The van der Waals surface area contributed by atoms with Gasteiger partial charge in [0.15, 0.2) is 0 Å². The van der Waals surface area contributed by atoms with Crippen molar-refractivity contribution >= 4 is 29.3 Å². The van der Waals surface area contributed by atoms with Crippen LogP contribution >= 0.6 is 0 Å². The Hall–Kier alpha value is -3.68. The minimum atomic E-state index is -1.05. The highest BCUT2D eigenvalue weighted by Crippen LogP contribution is 2.21. The highest BCUT2D eigenvalue weighted by molar-refractivity contribution is 5.94. The summed E-state index contributed by atoms with van der Waals surface area (Å²) in [5, 5.41) is 13.5. The summed E-state index contributed by atoms with van der Waals surface area (Å²) in [5.41, 5.74) is 4.90. The SMILES string of the molecule is Cc1cccn2c(=O)c(C=NNc3ccccc3C(=O)O)c(N3CCCC3)nc12. The number of aryl methyl sites for hydroxylation is 1. The normalized spacial score (nSPS) is 14.0. The topological polar surface area (TPSA) is 99.3 Å². The van der Waals surface area contributed by atoms with E-state index < -0.39 is 5.97 Å². The number of pyridine rings is 1. The second kappa shape index (κ2) is 7.75. The fraction of sp³-hybridized carbons (Fsp3) is 0.238. The molecule has 0 unspecified atom stereocenters. The van der Waals surface area contributed by atoms with Crippen LogP contribution in [0.3, 0.4) is 0 Å². The summed E-state index contributed by atoms with van der Waals surface area (Å²) >= 11 is 0. The van der Waals surface area contributed by atoms with E-state index >= 15 is 0 Å². The van der Waals surface area contributed by atoms with Gasteiger partial charge < -0.3 is 10.0 Å². The summed E-state index contributed by atoms with van der Waals surface area (Å²) in [6.45, 7) is 3.60. The van der Waals surface area contributed by atoms with Crippen molar-refractivity contribution in [3.05, 3.63) is 69.6 Å². The molecule has 8 heteroatoms. The maximum absolute atomic E-state index is 13.2. The first kappa shape index (κ1) is 18.7. The van der Waals surface area contributed by atoms with Crippen LogP contribution < -0.4 is 15.9 Å². The van der Waals surface area contributed by atoms with Crippen LogP contribution in [0.1, 0.15) is 34.3 Å². The second-order valence-corrected chi connectivity index (χ2v) is 6.95.